The Bertz CT molecular complexity index is 669. The van der Waals surface area contributed by atoms with Gasteiger partial charge in [0, 0.05) is 28.5 Å². The molecule has 7 heteroatoms. The number of amides is 1. The van der Waals surface area contributed by atoms with Crippen molar-refractivity contribution >= 4 is 33.0 Å². The predicted molar refractivity (Wildman–Crippen MR) is 76.5 cm³/mol. The van der Waals surface area contributed by atoms with Gasteiger partial charge in [0.05, 0.1) is 12.2 Å². The van der Waals surface area contributed by atoms with Gasteiger partial charge in [0.15, 0.2) is 0 Å². The van der Waals surface area contributed by atoms with Crippen LogP contribution in [-0.2, 0) is 0 Å². The summed E-state index contributed by atoms with van der Waals surface area (Å²) < 4.78 is 25.6. The molecule has 0 aliphatic heterocycles. The molecule has 0 aromatic carbocycles. The minimum Gasteiger partial charge on any atom is -0.397 e. The molecule has 0 fully saturated rings. The van der Waals surface area contributed by atoms with E-state index < -0.39 is 18.9 Å². The summed E-state index contributed by atoms with van der Waals surface area (Å²) in [5.41, 5.74) is 7.89. The second-order valence-corrected chi connectivity index (χ2v) is 5.70. The van der Waals surface area contributed by atoms with Gasteiger partial charge in [-0.05, 0) is 19.9 Å². The maximum atomic E-state index is 12.4. The van der Waals surface area contributed by atoms with Gasteiger partial charge in [0.25, 0.3) is 12.3 Å². The maximum absolute atomic E-state index is 12.4. The minimum absolute atomic E-state index is 0.290. The van der Waals surface area contributed by atoms with Crippen LogP contribution >= 0.6 is 11.3 Å². The first-order valence-electron chi connectivity index (χ1n) is 6.01. The molecule has 4 nitrogen and oxygen atoms in total. The van der Waals surface area contributed by atoms with E-state index >= 15 is 0 Å². The Hall–Kier alpha value is -1.76. The van der Waals surface area contributed by atoms with Gasteiger partial charge in [-0.1, -0.05) is 0 Å². The van der Waals surface area contributed by atoms with Gasteiger partial charge >= 0.3 is 0 Å². The summed E-state index contributed by atoms with van der Waals surface area (Å²) >= 11 is 1.21. The molecule has 0 unspecified atom stereocenters. The van der Waals surface area contributed by atoms with E-state index in [2.05, 4.69) is 4.98 Å². The molecule has 0 radical (unpaired) electrons. The molecule has 2 aromatic rings. The summed E-state index contributed by atoms with van der Waals surface area (Å²) in [4.78, 5) is 17.8. The van der Waals surface area contributed by atoms with Crippen LogP contribution < -0.4 is 5.73 Å². The van der Waals surface area contributed by atoms with Crippen LogP contribution in [0.3, 0.4) is 0 Å². The topological polar surface area (TPSA) is 59.2 Å². The number of hydrogen-bond acceptors (Lipinski definition) is 4. The lowest BCUT2D eigenvalue weighted by atomic mass is 10.2. The molecule has 0 aliphatic rings. The van der Waals surface area contributed by atoms with E-state index in [1.807, 2.05) is 19.9 Å². The zero-order valence-electron chi connectivity index (χ0n) is 11.4. The van der Waals surface area contributed by atoms with Gasteiger partial charge in [-0.2, -0.15) is 0 Å². The molecular weight excluding hydrogens is 284 g/mol. The summed E-state index contributed by atoms with van der Waals surface area (Å²) in [6.07, 6.45) is -2.56. The lowest BCUT2D eigenvalue weighted by Crippen LogP contribution is -2.31. The average molecular weight is 299 g/mol. The first-order valence-corrected chi connectivity index (χ1v) is 6.82. The van der Waals surface area contributed by atoms with E-state index in [1.54, 1.807) is 0 Å². The Kier molecular flexibility index (Phi) is 3.89. The second-order valence-electron chi connectivity index (χ2n) is 4.64. The number of rotatable bonds is 3. The van der Waals surface area contributed by atoms with Crippen molar-refractivity contribution in [3.63, 3.8) is 0 Å². The molecule has 2 N–H and O–H groups in total. The fourth-order valence-electron chi connectivity index (χ4n) is 2.10. The van der Waals surface area contributed by atoms with Crippen molar-refractivity contribution in [2.75, 3.05) is 19.3 Å². The van der Waals surface area contributed by atoms with E-state index in [4.69, 9.17) is 5.73 Å². The molecule has 0 spiro atoms. The molecule has 0 bridgehead atoms. The molecule has 2 aromatic heterocycles. The maximum Gasteiger partial charge on any atom is 0.266 e. The standard InChI is InChI=1S/C13H15F2N3OS/c1-6-4-8-10(7(2)17-6)11(16)12(20-8)13(19)18(3)5-9(14)15/h4,9H,5,16H2,1-3H3. The largest absolute Gasteiger partial charge is 0.397 e. The number of thiophene rings is 1. The summed E-state index contributed by atoms with van der Waals surface area (Å²) in [6, 6.07) is 1.84. The highest BCUT2D eigenvalue weighted by Gasteiger charge is 2.22. The van der Waals surface area contributed by atoms with Crippen molar-refractivity contribution < 1.29 is 13.6 Å². The highest BCUT2D eigenvalue weighted by atomic mass is 32.1. The molecule has 0 saturated carbocycles. The van der Waals surface area contributed by atoms with Gasteiger partial charge in [-0.25, -0.2) is 8.78 Å². The number of nitrogen functional groups attached to an aromatic ring is 1. The normalized spacial score (nSPS) is 11.3. The van der Waals surface area contributed by atoms with Gasteiger partial charge in [-0.3, -0.25) is 9.78 Å². The molecule has 2 heterocycles. The second kappa shape index (κ2) is 5.32. The number of hydrogen-bond donors (Lipinski definition) is 1. The fraction of sp³-hybridized carbons (Fsp3) is 0.385. The number of halogens is 2. The molecule has 2 rings (SSSR count). The monoisotopic (exact) mass is 299 g/mol. The van der Waals surface area contributed by atoms with Crippen molar-refractivity contribution in [1.82, 2.24) is 9.88 Å². The van der Waals surface area contributed by atoms with Gasteiger partial charge in [0.2, 0.25) is 0 Å². The molecular formula is C13H15F2N3OS. The molecule has 1 amide bonds. The number of fused-ring (bicyclic) bond motifs is 1. The number of carbonyl (C=O) groups is 1. The number of aryl methyl sites for hydroxylation is 2. The Morgan fingerprint density at radius 1 is 1.50 bits per heavy atom. The quantitative estimate of drug-likeness (QED) is 0.948. The highest BCUT2D eigenvalue weighted by Crippen LogP contribution is 2.36. The van der Waals surface area contributed by atoms with E-state index in [9.17, 15) is 13.6 Å². The average Bonchev–Trinajstić information content (AvgIpc) is 2.64. The summed E-state index contributed by atoms with van der Waals surface area (Å²) in [5, 5.41) is 0.731. The van der Waals surface area contributed by atoms with Gasteiger partial charge in [0.1, 0.15) is 4.88 Å². The summed E-state index contributed by atoms with van der Waals surface area (Å²) in [7, 11) is 1.34. The van der Waals surface area contributed by atoms with E-state index in [-0.39, 0.29) is 0 Å². The van der Waals surface area contributed by atoms with Crippen LogP contribution in [0.25, 0.3) is 10.1 Å². The lowest BCUT2D eigenvalue weighted by molar-refractivity contribution is 0.0625. The molecule has 0 atom stereocenters. The zero-order chi connectivity index (χ0) is 15.0. The van der Waals surface area contributed by atoms with Crippen LogP contribution in [0.5, 0.6) is 0 Å². The number of aromatic nitrogens is 1. The number of alkyl halides is 2. The van der Waals surface area contributed by atoms with Crippen LogP contribution in [0.4, 0.5) is 14.5 Å². The van der Waals surface area contributed by atoms with Gasteiger partial charge in [-0.15, -0.1) is 11.3 Å². The molecule has 0 aliphatic carbocycles. The Morgan fingerprint density at radius 2 is 2.15 bits per heavy atom. The Labute approximate surface area is 119 Å². The van der Waals surface area contributed by atoms with Crippen LogP contribution in [0.1, 0.15) is 21.1 Å². The van der Waals surface area contributed by atoms with Gasteiger partial charge < -0.3 is 10.6 Å². The van der Waals surface area contributed by atoms with E-state index in [1.165, 1.54) is 18.4 Å². The number of nitrogens with zero attached hydrogens (tertiary/aromatic N) is 2. The van der Waals surface area contributed by atoms with Crippen LogP contribution in [0, 0.1) is 13.8 Å². The van der Waals surface area contributed by atoms with Crippen LogP contribution in [0.15, 0.2) is 6.07 Å². The molecule has 0 saturated heterocycles. The van der Waals surface area contributed by atoms with Crippen LogP contribution in [0.2, 0.25) is 0 Å². The SMILES string of the molecule is Cc1cc2sc(C(=O)N(C)CC(F)F)c(N)c2c(C)n1. The first-order chi connectivity index (χ1) is 9.31. The third kappa shape index (κ3) is 2.58. The minimum atomic E-state index is -2.56. The number of nitrogens with two attached hydrogens (primary N) is 1. The molecule has 108 valence electrons. The third-order valence-corrected chi connectivity index (χ3v) is 4.11. The smallest absolute Gasteiger partial charge is 0.266 e. The fourth-order valence-corrected chi connectivity index (χ4v) is 3.37. The Balaban J connectivity index is 2.48. The number of carbonyl (C=O) groups excluding carboxylic acids is 1. The number of anilines is 1. The molecule has 20 heavy (non-hydrogen) atoms. The van der Waals surface area contributed by atoms with E-state index in [0.29, 0.717) is 10.6 Å². The van der Waals surface area contributed by atoms with Crippen LogP contribution in [-0.4, -0.2) is 35.8 Å². The third-order valence-electron chi connectivity index (χ3n) is 2.97. The van der Waals surface area contributed by atoms with Crippen molar-refractivity contribution in [1.29, 1.82) is 0 Å². The Morgan fingerprint density at radius 3 is 2.75 bits per heavy atom. The van der Waals surface area contributed by atoms with Crippen molar-refractivity contribution in [3.8, 4) is 0 Å². The predicted octanol–water partition coefficient (Wildman–Crippen LogP) is 2.83. The highest BCUT2D eigenvalue weighted by molar-refractivity contribution is 7.21. The first kappa shape index (κ1) is 14.6. The van der Waals surface area contributed by atoms with Crippen molar-refractivity contribution in [2.45, 2.75) is 20.3 Å². The van der Waals surface area contributed by atoms with Crippen molar-refractivity contribution in [2.24, 2.45) is 0 Å². The zero-order valence-corrected chi connectivity index (χ0v) is 12.2. The summed E-state index contributed by atoms with van der Waals surface area (Å²) in [5.74, 6) is -0.485. The van der Waals surface area contributed by atoms with Crippen molar-refractivity contribution in [3.05, 3.63) is 22.3 Å². The lowest BCUT2D eigenvalue weighted by Gasteiger charge is -2.15. The van der Waals surface area contributed by atoms with E-state index in [0.717, 1.165) is 26.4 Å². The number of pyridine rings is 1. The summed E-state index contributed by atoms with van der Waals surface area (Å²) in [6.45, 7) is 3.06.